The molecule has 3 aromatic rings. The van der Waals surface area contributed by atoms with Gasteiger partial charge in [0.25, 0.3) is 5.91 Å². The summed E-state index contributed by atoms with van der Waals surface area (Å²) in [6.07, 6.45) is 2.65. The minimum absolute atomic E-state index is 0.0405. The molecule has 9 heteroatoms. The molecule has 2 N–H and O–H groups in total. The number of carbonyl (C=O) groups is 2. The predicted molar refractivity (Wildman–Crippen MR) is 148 cm³/mol. The number of carbonyl (C=O) groups excluding carboxylic acids is 2. The highest BCUT2D eigenvalue weighted by atomic mass is 19.1. The number of ether oxygens (including phenoxy) is 1. The molecule has 1 fully saturated rings. The summed E-state index contributed by atoms with van der Waals surface area (Å²) in [6, 6.07) is 9.62. The molecule has 0 atom stereocenters. The molecule has 200 valence electrons. The molecule has 3 heterocycles. The topological polar surface area (TPSA) is 80.9 Å². The molecular formula is C29H34FN5O3. The molecule has 2 amide bonds. The van der Waals surface area contributed by atoms with E-state index in [-0.39, 0.29) is 17.3 Å². The summed E-state index contributed by atoms with van der Waals surface area (Å²) in [7, 11) is 4.96. The molecule has 38 heavy (non-hydrogen) atoms. The summed E-state index contributed by atoms with van der Waals surface area (Å²) in [5, 5.41) is 3.97. The number of hydrogen-bond acceptors (Lipinski definition) is 5. The normalized spacial score (nSPS) is 16.0. The van der Waals surface area contributed by atoms with Crippen LogP contribution in [-0.4, -0.2) is 87.1 Å². The van der Waals surface area contributed by atoms with Gasteiger partial charge in [0.05, 0.1) is 12.6 Å². The summed E-state index contributed by atoms with van der Waals surface area (Å²) in [5.41, 5.74) is 4.36. The fourth-order valence-electron chi connectivity index (χ4n) is 5.30. The van der Waals surface area contributed by atoms with Gasteiger partial charge in [-0.05, 0) is 41.8 Å². The lowest BCUT2D eigenvalue weighted by Crippen LogP contribution is -2.43. The highest BCUT2D eigenvalue weighted by molar-refractivity contribution is 6.05. The van der Waals surface area contributed by atoms with Crippen LogP contribution >= 0.6 is 0 Å². The molecule has 5 rings (SSSR count). The van der Waals surface area contributed by atoms with Gasteiger partial charge in [0, 0.05) is 88.6 Å². The first kappa shape index (κ1) is 25.8. The van der Waals surface area contributed by atoms with Gasteiger partial charge >= 0.3 is 0 Å². The van der Waals surface area contributed by atoms with Gasteiger partial charge in [0.15, 0.2) is 5.82 Å². The summed E-state index contributed by atoms with van der Waals surface area (Å²) in [4.78, 5) is 33.4. The largest absolute Gasteiger partial charge is 0.496 e. The van der Waals surface area contributed by atoms with Crippen LogP contribution in [0.15, 0.2) is 36.4 Å². The van der Waals surface area contributed by atoms with Crippen molar-refractivity contribution in [3.05, 3.63) is 53.5 Å². The number of fused-ring (bicyclic) bond motifs is 1. The van der Waals surface area contributed by atoms with Gasteiger partial charge in [-0.2, -0.15) is 0 Å². The first-order valence-electron chi connectivity index (χ1n) is 12.9. The van der Waals surface area contributed by atoms with E-state index in [1.165, 1.54) is 11.8 Å². The number of nitrogens with zero attached hydrogens (tertiary/aromatic N) is 3. The predicted octanol–water partition coefficient (Wildman–Crippen LogP) is 3.73. The lowest BCUT2D eigenvalue weighted by molar-refractivity contribution is -0.128. The van der Waals surface area contributed by atoms with Crippen LogP contribution in [0.4, 0.5) is 10.1 Å². The van der Waals surface area contributed by atoms with E-state index in [9.17, 15) is 9.59 Å². The molecule has 0 aliphatic carbocycles. The second-order valence-corrected chi connectivity index (χ2v) is 10.0. The smallest absolute Gasteiger partial charge is 0.269 e. The number of halogens is 1. The number of aromatic amines is 1. The Bertz CT molecular complexity index is 1420. The summed E-state index contributed by atoms with van der Waals surface area (Å²) in [5.74, 6) is -0.0471. The van der Waals surface area contributed by atoms with Gasteiger partial charge in [-0.25, -0.2) is 4.39 Å². The highest BCUT2D eigenvalue weighted by Gasteiger charge is 2.25. The molecule has 8 nitrogen and oxygen atoms in total. The number of H-pyrrole nitrogens is 1. The van der Waals surface area contributed by atoms with Crippen molar-refractivity contribution in [1.82, 2.24) is 20.1 Å². The molecule has 2 aliphatic rings. The Kier molecular flexibility index (Phi) is 7.12. The van der Waals surface area contributed by atoms with Gasteiger partial charge in [0.1, 0.15) is 11.4 Å². The van der Waals surface area contributed by atoms with Gasteiger partial charge in [-0.3, -0.25) is 9.59 Å². The molecular weight excluding hydrogens is 485 g/mol. The number of piperazine rings is 1. The quantitative estimate of drug-likeness (QED) is 0.537. The minimum Gasteiger partial charge on any atom is -0.496 e. The average molecular weight is 520 g/mol. The zero-order valence-corrected chi connectivity index (χ0v) is 22.4. The Morgan fingerprint density at radius 2 is 1.79 bits per heavy atom. The molecule has 0 bridgehead atoms. The van der Waals surface area contributed by atoms with Crippen molar-refractivity contribution in [2.24, 2.45) is 0 Å². The Morgan fingerprint density at radius 3 is 2.47 bits per heavy atom. The number of hydrogen-bond donors (Lipinski definition) is 2. The fraction of sp³-hybridized carbons (Fsp3) is 0.379. The van der Waals surface area contributed by atoms with Crippen LogP contribution in [0.25, 0.3) is 27.6 Å². The minimum atomic E-state index is -0.436. The van der Waals surface area contributed by atoms with E-state index in [1.54, 1.807) is 32.2 Å². The first-order chi connectivity index (χ1) is 18.3. The van der Waals surface area contributed by atoms with Crippen molar-refractivity contribution in [3.8, 4) is 16.9 Å². The lowest BCUT2D eigenvalue weighted by atomic mass is 9.92. The maximum absolute atomic E-state index is 16.1. The number of nitrogens with one attached hydrogen (secondary N) is 2. The number of anilines is 1. The van der Waals surface area contributed by atoms with Gasteiger partial charge < -0.3 is 29.7 Å². The van der Waals surface area contributed by atoms with E-state index in [1.807, 2.05) is 24.3 Å². The van der Waals surface area contributed by atoms with Crippen LogP contribution in [0.2, 0.25) is 0 Å². The fourth-order valence-corrected chi connectivity index (χ4v) is 5.30. The number of rotatable bonds is 5. The SMILES string of the molecule is COc1cc(N2CCNCC2)ccc1-c1cc(C2=CCCN(C(C)=O)C2)c(F)c2[nH]c(C(=O)N(C)C)cc12. The van der Waals surface area contributed by atoms with Crippen molar-refractivity contribution in [2.75, 3.05) is 65.4 Å². The van der Waals surface area contributed by atoms with E-state index in [0.29, 0.717) is 41.9 Å². The van der Waals surface area contributed by atoms with E-state index < -0.39 is 5.82 Å². The molecule has 1 saturated heterocycles. The number of amides is 2. The number of aromatic nitrogens is 1. The molecule has 0 unspecified atom stereocenters. The van der Waals surface area contributed by atoms with Crippen LogP contribution in [0.1, 0.15) is 29.4 Å². The molecule has 0 saturated carbocycles. The van der Waals surface area contributed by atoms with Gasteiger partial charge in [-0.1, -0.05) is 6.08 Å². The first-order valence-corrected chi connectivity index (χ1v) is 12.9. The van der Waals surface area contributed by atoms with Crippen LogP contribution in [-0.2, 0) is 4.79 Å². The zero-order chi connectivity index (χ0) is 27.0. The Hall–Kier alpha value is -3.85. The van der Waals surface area contributed by atoms with Gasteiger partial charge in [-0.15, -0.1) is 0 Å². The summed E-state index contributed by atoms with van der Waals surface area (Å²) in [6.45, 7) is 6.13. The summed E-state index contributed by atoms with van der Waals surface area (Å²) >= 11 is 0. The third-order valence-corrected chi connectivity index (χ3v) is 7.39. The second-order valence-electron chi connectivity index (χ2n) is 10.0. The molecule has 2 aromatic carbocycles. The monoisotopic (exact) mass is 519 g/mol. The van der Waals surface area contributed by atoms with E-state index in [0.717, 1.165) is 48.6 Å². The molecule has 1 aromatic heterocycles. The van der Waals surface area contributed by atoms with Gasteiger partial charge in [0.2, 0.25) is 5.91 Å². The Morgan fingerprint density at radius 1 is 1.03 bits per heavy atom. The molecule has 2 aliphatic heterocycles. The molecule has 0 radical (unpaired) electrons. The lowest BCUT2D eigenvalue weighted by Gasteiger charge is -2.30. The third kappa shape index (κ3) is 4.74. The van der Waals surface area contributed by atoms with Crippen LogP contribution < -0.4 is 15.0 Å². The zero-order valence-electron chi connectivity index (χ0n) is 22.4. The summed E-state index contributed by atoms with van der Waals surface area (Å²) < 4.78 is 21.9. The highest BCUT2D eigenvalue weighted by Crippen LogP contribution is 2.41. The average Bonchev–Trinajstić information content (AvgIpc) is 3.39. The third-order valence-electron chi connectivity index (χ3n) is 7.39. The Labute approximate surface area is 222 Å². The van der Waals surface area contributed by atoms with E-state index >= 15 is 4.39 Å². The Balaban J connectivity index is 1.69. The second kappa shape index (κ2) is 10.5. The van der Waals surface area contributed by atoms with Crippen molar-refractivity contribution in [2.45, 2.75) is 13.3 Å². The van der Waals surface area contributed by atoms with E-state index in [4.69, 9.17) is 4.74 Å². The van der Waals surface area contributed by atoms with Crippen molar-refractivity contribution >= 4 is 34.0 Å². The van der Waals surface area contributed by atoms with Crippen molar-refractivity contribution in [1.29, 1.82) is 0 Å². The molecule has 0 spiro atoms. The van der Waals surface area contributed by atoms with Crippen molar-refractivity contribution < 1.29 is 18.7 Å². The van der Waals surface area contributed by atoms with Crippen molar-refractivity contribution in [3.63, 3.8) is 0 Å². The number of benzene rings is 2. The maximum Gasteiger partial charge on any atom is 0.269 e. The standard InChI is InChI=1S/C29H34FN5O3/c1-18(36)35-11-5-6-19(17-35)22-15-23(24-16-25(29(37)33(2)3)32-28(24)27(22)30)21-8-7-20(14-26(21)38-4)34-12-9-31-10-13-34/h6-8,14-16,31-32H,5,9-13,17H2,1-4H3. The van der Waals surface area contributed by atoms with E-state index in [2.05, 4.69) is 21.3 Å². The van der Waals surface area contributed by atoms with Crippen LogP contribution in [0.5, 0.6) is 5.75 Å². The van der Waals surface area contributed by atoms with Crippen LogP contribution in [0.3, 0.4) is 0 Å². The number of methoxy groups -OCH3 is 1. The maximum atomic E-state index is 16.1. The van der Waals surface area contributed by atoms with Crippen LogP contribution in [0, 0.1) is 5.82 Å².